The zero-order valence-corrected chi connectivity index (χ0v) is 12.5. The van der Waals surface area contributed by atoms with E-state index < -0.39 is 0 Å². The first-order valence-corrected chi connectivity index (χ1v) is 7.35. The minimum absolute atomic E-state index is 0.171. The highest BCUT2D eigenvalue weighted by Crippen LogP contribution is 2.14. The molecule has 1 amide bonds. The molecule has 21 heavy (non-hydrogen) atoms. The number of para-hydroxylation sites is 1. The predicted molar refractivity (Wildman–Crippen MR) is 86.7 cm³/mol. The molecule has 0 radical (unpaired) electrons. The van der Waals surface area contributed by atoms with E-state index in [1.54, 1.807) is 0 Å². The lowest BCUT2D eigenvalue weighted by atomic mass is 10.1. The van der Waals surface area contributed by atoms with Gasteiger partial charge in [0, 0.05) is 25.2 Å². The molecule has 3 nitrogen and oxygen atoms in total. The molecule has 2 aromatic carbocycles. The molecule has 0 aromatic heterocycles. The van der Waals surface area contributed by atoms with Crippen molar-refractivity contribution in [2.24, 2.45) is 0 Å². The van der Waals surface area contributed by atoms with Crippen molar-refractivity contribution in [3.8, 4) is 0 Å². The first kappa shape index (κ1) is 15.1. The number of rotatable bonds is 6. The predicted octanol–water partition coefficient (Wildman–Crippen LogP) is 3.25. The molecule has 0 aliphatic carbocycles. The number of nitrogens with zero attached hydrogens (tertiary/aromatic N) is 1. The Labute approximate surface area is 126 Å². The molecule has 0 saturated carbocycles. The van der Waals surface area contributed by atoms with Gasteiger partial charge < -0.3 is 10.6 Å². The van der Waals surface area contributed by atoms with E-state index in [9.17, 15) is 4.79 Å². The number of benzene rings is 2. The summed E-state index contributed by atoms with van der Waals surface area (Å²) in [6.07, 6.45) is 1.31. The Balaban J connectivity index is 1.94. The molecule has 0 heterocycles. The molecule has 2 N–H and O–H groups in total. The molecule has 0 atom stereocenters. The average molecular weight is 282 g/mol. The van der Waals surface area contributed by atoms with Crippen LogP contribution in [0.5, 0.6) is 0 Å². The third-order valence-electron chi connectivity index (χ3n) is 3.62. The van der Waals surface area contributed by atoms with Crippen LogP contribution in [0.3, 0.4) is 0 Å². The van der Waals surface area contributed by atoms with Crippen molar-refractivity contribution < 1.29 is 4.79 Å². The van der Waals surface area contributed by atoms with E-state index in [1.807, 2.05) is 54.3 Å². The Morgan fingerprint density at radius 3 is 2.38 bits per heavy atom. The van der Waals surface area contributed by atoms with Gasteiger partial charge in [0.25, 0.3) is 0 Å². The van der Waals surface area contributed by atoms with Crippen molar-refractivity contribution in [3.05, 3.63) is 65.7 Å². The fraction of sp³-hybridized carbons (Fsp3) is 0.278. The van der Waals surface area contributed by atoms with Crippen LogP contribution in [0.4, 0.5) is 5.69 Å². The Morgan fingerprint density at radius 2 is 1.71 bits per heavy atom. The quantitative estimate of drug-likeness (QED) is 0.827. The van der Waals surface area contributed by atoms with Crippen LogP contribution in [0.2, 0.25) is 0 Å². The van der Waals surface area contributed by atoms with E-state index in [0.29, 0.717) is 19.5 Å². The van der Waals surface area contributed by atoms with Gasteiger partial charge in [-0.25, -0.2) is 0 Å². The summed E-state index contributed by atoms with van der Waals surface area (Å²) in [7, 11) is 0. The van der Waals surface area contributed by atoms with Crippen LogP contribution < -0.4 is 5.73 Å². The minimum atomic E-state index is 0.171. The summed E-state index contributed by atoms with van der Waals surface area (Å²) in [5.74, 6) is 0.171. The molecular formula is C18H22N2O. The average Bonchev–Trinajstić information content (AvgIpc) is 2.53. The van der Waals surface area contributed by atoms with E-state index in [4.69, 9.17) is 5.73 Å². The van der Waals surface area contributed by atoms with Gasteiger partial charge in [-0.05, 0) is 30.5 Å². The van der Waals surface area contributed by atoms with Gasteiger partial charge >= 0.3 is 0 Å². The maximum Gasteiger partial charge on any atom is 0.223 e. The first-order chi connectivity index (χ1) is 10.2. The molecule has 0 aliphatic rings. The van der Waals surface area contributed by atoms with Crippen LogP contribution in [0.15, 0.2) is 54.6 Å². The van der Waals surface area contributed by atoms with Crippen molar-refractivity contribution >= 4 is 11.6 Å². The molecule has 0 bridgehead atoms. The second-order valence-corrected chi connectivity index (χ2v) is 5.09. The number of carbonyl (C=O) groups excluding carboxylic acids is 1. The van der Waals surface area contributed by atoms with E-state index >= 15 is 0 Å². The zero-order chi connectivity index (χ0) is 15.1. The third kappa shape index (κ3) is 4.35. The number of nitrogens with two attached hydrogens (primary N) is 1. The number of aryl methyl sites for hydroxylation is 1. The molecule has 110 valence electrons. The lowest BCUT2D eigenvalue weighted by Gasteiger charge is -2.22. The van der Waals surface area contributed by atoms with Crippen molar-refractivity contribution in [2.75, 3.05) is 12.3 Å². The van der Waals surface area contributed by atoms with Crippen LogP contribution in [0.25, 0.3) is 0 Å². The van der Waals surface area contributed by atoms with Crippen LogP contribution in [0.1, 0.15) is 24.5 Å². The number of carbonyl (C=O) groups is 1. The van der Waals surface area contributed by atoms with Gasteiger partial charge in [0.05, 0.1) is 0 Å². The summed E-state index contributed by atoms with van der Waals surface area (Å²) in [5, 5.41) is 0. The van der Waals surface area contributed by atoms with E-state index in [2.05, 4.69) is 12.1 Å². The lowest BCUT2D eigenvalue weighted by molar-refractivity contribution is -0.131. The van der Waals surface area contributed by atoms with Gasteiger partial charge in [0.1, 0.15) is 0 Å². The van der Waals surface area contributed by atoms with Crippen LogP contribution in [-0.2, 0) is 17.8 Å². The summed E-state index contributed by atoms with van der Waals surface area (Å²) in [6, 6.07) is 17.8. The van der Waals surface area contributed by atoms with Gasteiger partial charge in [-0.2, -0.15) is 0 Å². The molecule has 0 spiro atoms. The van der Waals surface area contributed by atoms with Crippen molar-refractivity contribution in [3.63, 3.8) is 0 Å². The minimum Gasteiger partial charge on any atom is -0.398 e. The maximum absolute atomic E-state index is 12.3. The first-order valence-electron chi connectivity index (χ1n) is 7.35. The SMILES string of the molecule is CCN(Cc1ccccc1N)C(=O)CCc1ccccc1. The van der Waals surface area contributed by atoms with Gasteiger partial charge in [0.15, 0.2) is 0 Å². The monoisotopic (exact) mass is 282 g/mol. The molecule has 0 aliphatic heterocycles. The second kappa shape index (κ2) is 7.48. The number of nitrogen functional groups attached to an aromatic ring is 1. The third-order valence-corrected chi connectivity index (χ3v) is 3.62. The summed E-state index contributed by atoms with van der Waals surface area (Å²) >= 11 is 0. The standard InChI is InChI=1S/C18H22N2O/c1-2-20(14-16-10-6-7-11-17(16)19)18(21)13-12-15-8-4-3-5-9-15/h3-11H,2,12-14,19H2,1H3. The highest BCUT2D eigenvalue weighted by molar-refractivity contribution is 5.76. The normalized spacial score (nSPS) is 10.3. The topological polar surface area (TPSA) is 46.3 Å². The summed E-state index contributed by atoms with van der Waals surface area (Å²) < 4.78 is 0. The highest BCUT2D eigenvalue weighted by atomic mass is 16.2. The van der Waals surface area contributed by atoms with E-state index in [-0.39, 0.29) is 5.91 Å². The molecular weight excluding hydrogens is 260 g/mol. The van der Waals surface area contributed by atoms with Gasteiger partial charge in [-0.15, -0.1) is 0 Å². The molecule has 2 rings (SSSR count). The Bertz CT molecular complexity index is 581. The van der Waals surface area contributed by atoms with E-state index in [0.717, 1.165) is 17.7 Å². The molecule has 0 saturated heterocycles. The van der Waals surface area contributed by atoms with Gasteiger partial charge in [-0.3, -0.25) is 4.79 Å². The Hall–Kier alpha value is -2.29. The lowest BCUT2D eigenvalue weighted by Crippen LogP contribution is -2.30. The van der Waals surface area contributed by atoms with Gasteiger partial charge in [-0.1, -0.05) is 48.5 Å². The Morgan fingerprint density at radius 1 is 1.05 bits per heavy atom. The van der Waals surface area contributed by atoms with Crippen molar-refractivity contribution in [1.29, 1.82) is 0 Å². The summed E-state index contributed by atoms with van der Waals surface area (Å²) in [5.41, 5.74) is 8.90. The molecule has 0 unspecified atom stereocenters. The van der Waals surface area contributed by atoms with Crippen molar-refractivity contribution in [2.45, 2.75) is 26.3 Å². The van der Waals surface area contributed by atoms with Crippen molar-refractivity contribution in [1.82, 2.24) is 4.90 Å². The number of anilines is 1. The Kier molecular flexibility index (Phi) is 5.38. The molecule has 2 aromatic rings. The molecule has 0 fully saturated rings. The van der Waals surface area contributed by atoms with Crippen LogP contribution in [0, 0.1) is 0 Å². The highest BCUT2D eigenvalue weighted by Gasteiger charge is 2.13. The fourth-order valence-electron chi connectivity index (χ4n) is 2.31. The summed E-state index contributed by atoms with van der Waals surface area (Å²) in [4.78, 5) is 14.2. The number of hydrogen-bond acceptors (Lipinski definition) is 2. The summed E-state index contributed by atoms with van der Waals surface area (Å²) in [6.45, 7) is 3.28. The maximum atomic E-state index is 12.3. The smallest absolute Gasteiger partial charge is 0.223 e. The largest absolute Gasteiger partial charge is 0.398 e. The zero-order valence-electron chi connectivity index (χ0n) is 12.5. The van der Waals surface area contributed by atoms with E-state index in [1.165, 1.54) is 5.56 Å². The number of amides is 1. The van der Waals surface area contributed by atoms with Crippen LogP contribution in [-0.4, -0.2) is 17.4 Å². The second-order valence-electron chi connectivity index (χ2n) is 5.09. The van der Waals surface area contributed by atoms with Gasteiger partial charge in [0.2, 0.25) is 5.91 Å². The molecule has 3 heteroatoms. The number of hydrogen-bond donors (Lipinski definition) is 1. The fourth-order valence-corrected chi connectivity index (χ4v) is 2.31. The van der Waals surface area contributed by atoms with Crippen LogP contribution >= 0.6 is 0 Å².